The molecule has 1 aromatic heterocycles. The first-order chi connectivity index (χ1) is 11.3. The summed E-state index contributed by atoms with van der Waals surface area (Å²) in [4.78, 5) is 4.11. The lowest BCUT2D eigenvalue weighted by atomic mass is 9.91. The number of rotatable bonds is 5. The summed E-state index contributed by atoms with van der Waals surface area (Å²) in [6.45, 7) is 0.817. The van der Waals surface area contributed by atoms with Crippen molar-refractivity contribution in [3.63, 3.8) is 0 Å². The van der Waals surface area contributed by atoms with Crippen LogP contribution in [0.25, 0.3) is 0 Å². The molecule has 0 aliphatic carbocycles. The number of nitrogens with zero attached hydrogens (tertiary/aromatic N) is 3. The average Bonchev–Trinajstić information content (AvgIpc) is 3.09. The Hall–Kier alpha value is -2.57. The van der Waals surface area contributed by atoms with E-state index in [0.717, 1.165) is 23.6 Å². The first kappa shape index (κ1) is 15.3. The molecule has 0 aliphatic rings. The van der Waals surface area contributed by atoms with Crippen molar-refractivity contribution in [2.45, 2.75) is 18.9 Å². The number of hydrogen-bond donors (Lipinski definition) is 0. The SMILES string of the molecule is N#Cc1ccc(C(Cc2ccccc2Cl)Cn2ccnc2)cc1. The van der Waals surface area contributed by atoms with Crippen molar-refractivity contribution < 1.29 is 0 Å². The Balaban J connectivity index is 1.89. The Bertz CT molecular complexity index is 801. The van der Waals surface area contributed by atoms with Gasteiger partial charge in [0, 0.05) is 29.9 Å². The van der Waals surface area contributed by atoms with Crippen molar-refractivity contribution in [2.75, 3.05) is 0 Å². The molecule has 0 saturated carbocycles. The van der Waals surface area contributed by atoms with Gasteiger partial charge < -0.3 is 4.57 Å². The summed E-state index contributed by atoms with van der Waals surface area (Å²) < 4.78 is 2.07. The summed E-state index contributed by atoms with van der Waals surface area (Å²) in [5, 5.41) is 9.75. The van der Waals surface area contributed by atoms with E-state index >= 15 is 0 Å². The molecule has 114 valence electrons. The molecule has 4 heteroatoms. The van der Waals surface area contributed by atoms with Crippen LogP contribution < -0.4 is 0 Å². The molecule has 1 heterocycles. The van der Waals surface area contributed by atoms with Gasteiger partial charge in [-0.1, -0.05) is 41.9 Å². The molecule has 0 spiro atoms. The maximum Gasteiger partial charge on any atom is 0.0991 e. The van der Waals surface area contributed by atoms with Gasteiger partial charge in [-0.05, 0) is 35.7 Å². The summed E-state index contributed by atoms with van der Waals surface area (Å²) >= 11 is 6.32. The summed E-state index contributed by atoms with van der Waals surface area (Å²) in [6, 6.07) is 17.9. The van der Waals surface area contributed by atoms with E-state index in [9.17, 15) is 0 Å². The number of nitriles is 1. The van der Waals surface area contributed by atoms with Crippen LogP contribution in [0.1, 0.15) is 22.6 Å². The van der Waals surface area contributed by atoms with Crippen LogP contribution in [0.15, 0.2) is 67.3 Å². The highest BCUT2D eigenvalue weighted by molar-refractivity contribution is 6.31. The molecule has 0 fully saturated rings. The van der Waals surface area contributed by atoms with E-state index in [0.29, 0.717) is 5.56 Å². The zero-order chi connectivity index (χ0) is 16.1. The third-order valence-electron chi connectivity index (χ3n) is 3.93. The first-order valence-electron chi connectivity index (χ1n) is 7.45. The van der Waals surface area contributed by atoms with Gasteiger partial charge in [0.05, 0.1) is 18.0 Å². The molecule has 0 saturated heterocycles. The Morgan fingerprint density at radius 3 is 2.57 bits per heavy atom. The topological polar surface area (TPSA) is 41.6 Å². The number of aromatic nitrogens is 2. The number of imidazole rings is 1. The van der Waals surface area contributed by atoms with E-state index in [1.807, 2.05) is 55.0 Å². The molecule has 0 radical (unpaired) electrons. The van der Waals surface area contributed by atoms with Crippen molar-refractivity contribution in [2.24, 2.45) is 0 Å². The highest BCUT2D eigenvalue weighted by atomic mass is 35.5. The van der Waals surface area contributed by atoms with Crippen LogP contribution in [0.4, 0.5) is 0 Å². The Morgan fingerprint density at radius 1 is 1.13 bits per heavy atom. The molecule has 3 aromatic rings. The van der Waals surface area contributed by atoms with E-state index in [1.165, 1.54) is 5.56 Å². The molecule has 1 atom stereocenters. The van der Waals surface area contributed by atoms with Crippen LogP contribution in [-0.4, -0.2) is 9.55 Å². The standard InChI is InChI=1S/C19H16ClN3/c20-19-4-2-1-3-17(19)11-18(13-23-10-9-22-14-23)16-7-5-15(12-21)6-8-16/h1-10,14,18H,11,13H2. The fraction of sp³-hybridized carbons (Fsp3) is 0.158. The van der Waals surface area contributed by atoms with E-state index in [4.69, 9.17) is 16.9 Å². The van der Waals surface area contributed by atoms with Gasteiger partial charge in [-0.25, -0.2) is 4.98 Å². The van der Waals surface area contributed by atoms with Crippen LogP contribution in [-0.2, 0) is 13.0 Å². The molecule has 0 N–H and O–H groups in total. The molecule has 1 unspecified atom stereocenters. The molecular weight excluding hydrogens is 306 g/mol. The van der Waals surface area contributed by atoms with Gasteiger partial charge in [0.25, 0.3) is 0 Å². The van der Waals surface area contributed by atoms with E-state index in [2.05, 4.69) is 21.7 Å². The van der Waals surface area contributed by atoms with Gasteiger partial charge in [0.15, 0.2) is 0 Å². The van der Waals surface area contributed by atoms with Gasteiger partial charge in [-0.15, -0.1) is 0 Å². The fourth-order valence-corrected chi connectivity index (χ4v) is 2.91. The highest BCUT2D eigenvalue weighted by Gasteiger charge is 2.15. The largest absolute Gasteiger partial charge is 0.337 e. The van der Waals surface area contributed by atoms with Crippen LogP contribution >= 0.6 is 11.6 Å². The van der Waals surface area contributed by atoms with E-state index in [-0.39, 0.29) is 5.92 Å². The number of benzene rings is 2. The Morgan fingerprint density at radius 2 is 1.91 bits per heavy atom. The first-order valence-corrected chi connectivity index (χ1v) is 7.83. The lowest BCUT2D eigenvalue weighted by Gasteiger charge is -2.19. The average molecular weight is 322 g/mol. The maximum absolute atomic E-state index is 8.97. The number of hydrogen-bond acceptors (Lipinski definition) is 2. The van der Waals surface area contributed by atoms with Crippen LogP contribution in [0.5, 0.6) is 0 Å². The third kappa shape index (κ3) is 3.80. The zero-order valence-corrected chi connectivity index (χ0v) is 13.3. The second kappa shape index (κ2) is 7.13. The van der Waals surface area contributed by atoms with E-state index < -0.39 is 0 Å². The molecule has 3 nitrogen and oxygen atoms in total. The van der Waals surface area contributed by atoms with Crippen molar-refractivity contribution in [1.29, 1.82) is 5.26 Å². The van der Waals surface area contributed by atoms with Gasteiger partial charge in [0.1, 0.15) is 0 Å². The van der Waals surface area contributed by atoms with Crippen molar-refractivity contribution in [3.05, 3.63) is 89.0 Å². The Labute approximate surface area is 140 Å². The van der Waals surface area contributed by atoms with Gasteiger partial charge in [-0.3, -0.25) is 0 Å². The highest BCUT2D eigenvalue weighted by Crippen LogP contribution is 2.27. The minimum absolute atomic E-state index is 0.261. The Kier molecular flexibility index (Phi) is 4.75. The van der Waals surface area contributed by atoms with Crippen LogP contribution in [0.2, 0.25) is 5.02 Å². The summed E-state index contributed by atoms with van der Waals surface area (Å²) in [5.74, 6) is 0.261. The smallest absolute Gasteiger partial charge is 0.0991 e. The minimum Gasteiger partial charge on any atom is -0.337 e. The molecule has 2 aromatic carbocycles. The monoisotopic (exact) mass is 321 g/mol. The summed E-state index contributed by atoms with van der Waals surface area (Å²) in [7, 11) is 0. The summed E-state index contributed by atoms with van der Waals surface area (Å²) in [5.41, 5.74) is 2.99. The second-order valence-electron chi connectivity index (χ2n) is 5.49. The quantitative estimate of drug-likeness (QED) is 0.697. The van der Waals surface area contributed by atoms with Crippen LogP contribution in [0.3, 0.4) is 0 Å². The van der Waals surface area contributed by atoms with Crippen molar-refractivity contribution in [1.82, 2.24) is 9.55 Å². The lowest BCUT2D eigenvalue weighted by Crippen LogP contribution is -2.11. The predicted molar refractivity (Wildman–Crippen MR) is 91.3 cm³/mol. The van der Waals surface area contributed by atoms with Crippen molar-refractivity contribution in [3.8, 4) is 6.07 Å². The predicted octanol–water partition coefficient (Wildman–Crippen LogP) is 4.43. The summed E-state index contributed by atoms with van der Waals surface area (Å²) in [6.07, 6.45) is 6.40. The molecule has 0 amide bonds. The normalized spacial score (nSPS) is 11.8. The molecular formula is C19H16ClN3. The molecule has 23 heavy (non-hydrogen) atoms. The van der Waals surface area contributed by atoms with E-state index in [1.54, 1.807) is 6.20 Å². The fourth-order valence-electron chi connectivity index (χ4n) is 2.70. The van der Waals surface area contributed by atoms with Crippen LogP contribution in [0, 0.1) is 11.3 Å². The molecule has 3 rings (SSSR count). The van der Waals surface area contributed by atoms with Gasteiger partial charge in [0.2, 0.25) is 0 Å². The number of halogens is 1. The van der Waals surface area contributed by atoms with Gasteiger partial charge in [-0.2, -0.15) is 5.26 Å². The van der Waals surface area contributed by atoms with Crippen molar-refractivity contribution >= 4 is 11.6 Å². The third-order valence-corrected chi connectivity index (χ3v) is 4.29. The molecule has 0 aliphatic heterocycles. The second-order valence-corrected chi connectivity index (χ2v) is 5.89. The molecule has 0 bridgehead atoms. The minimum atomic E-state index is 0.261. The lowest BCUT2D eigenvalue weighted by molar-refractivity contribution is 0.556. The van der Waals surface area contributed by atoms with Gasteiger partial charge >= 0.3 is 0 Å². The maximum atomic E-state index is 8.97. The zero-order valence-electron chi connectivity index (χ0n) is 12.6.